The van der Waals surface area contributed by atoms with Crippen LogP contribution in [0.2, 0.25) is 5.02 Å². The number of methoxy groups -OCH3 is 1. The second-order valence-corrected chi connectivity index (χ2v) is 6.12. The summed E-state index contributed by atoms with van der Waals surface area (Å²) in [7, 11) is 1.52. The van der Waals surface area contributed by atoms with Gasteiger partial charge in [-0.2, -0.15) is 0 Å². The predicted octanol–water partition coefficient (Wildman–Crippen LogP) is 3.86. The van der Waals surface area contributed by atoms with Crippen molar-refractivity contribution in [2.24, 2.45) is 0 Å². The van der Waals surface area contributed by atoms with E-state index < -0.39 is 0 Å². The van der Waals surface area contributed by atoms with Gasteiger partial charge in [0.2, 0.25) is 5.88 Å². The molecule has 0 unspecified atom stereocenters. The van der Waals surface area contributed by atoms with Crippen molar-refractivity contribution in [2.45, 2.75) is 13.5 Å². The van der Waals surface area contributed by atoms with Crippen molar-refractivity contribution in [1.82, 2.24) is 14.9 Å². The molecule has 1 aromatic carbocycles. The summed E-state index contributed by atoms with van der Waals surface area (Å²) in [6.45, 7) is 2.76. The minimum atomic E-state index is -0.275. The molecule has 3 rings (SSSR count). The number of hydrogen-bond donors (Lipinski definition) is 1. The molecule has 27 heavy (non-hydrogen) atoms. The SMILES string of the molecule is CCOc1cc(CNC(=O)c2cc(Cl)c(-n3cccc3)cc2OC)ccn1. The molecule has 0 radical (unpaired) electrons. The van der Waals surface area contributed by atoms with E-state index in [1.165, 1.54) is 7.11 Å². The Hall–Kier alpha value is -2.99. The molecule has 0 saturated heterocycles. The third-order valence-electron chi connectivity index (χ3n) is 3.94. The summed E-state index contributed by atoms with van der Waals surface area (Å²) < 4.78 is 12.6. The molecule has 1 amide bonds. The molecular formula is C20H20ClN3O3. The molecule has 140 valence electrons. The van der Waals surface area contributed by atoms with Crippen LogP contribution in [0.15, 0.2) is 55.0 Å². The van der Waals surface area contributed by atoms with Crippen LogP contribution in [0.3, 0.4) is 0 Å². The molecule has 6 nitrogen and oxygen atoms in total. The lowest BCUT2D eigenvalue weighted by Crippen LogP contribution is -2.23. The van der Waals surface area contributed by atoms with Crippen LogP contribution in [0.4, 0.5) is 0 Å². The van der Waals surface area contributed by atoms with E-state index in [4.69, 9.17) is 21.1 Å². The highest BCUT2D eigenvalue weighted by Gasteiger charge is 2.16. The van der Waals surface area contributed by atoms with Gasteiger partial charge < -0.3 is 19.4 Å². The van der Waals surface area contributed by atoms with E-state index in [9.17, 15) is 4.79 Å². The molecule has 0 aliphatic rings. The van der Waals surface area contributed by atoms with Gasteiger partial charge in [-0.05, 0) is 36.8 Å². The van der Waals surface area contributed by atoms with Crippen molar-refractivity contribution < 1.29 is 14.3 Å². The van der Waals surface area contributed by atoms with Crippen LogP contribution in [0.1, 0.15) is 22.8 Å². The Bertz CT molecular complexity index is 926. The van der Waals surface area contributed by atoms with Gasteiger partial charge in [-0.15, -0.1) is 0 Å². The third kappa shape index (κ3) is 4.41. The van der Waals surface area contributed by atoms with Gasteiger partial charge in [0.25, 0.3) is 5.91 Å². The maximum Gasteiger partial charge on any atom is 0.255 e. The fourth-order valence-electron chi connectivity index (χ4n) is 2.65. The second kappa shape index (κ2) is 8.60. The number of nitrogens with one attached hydrogen (secondary N) is 1. The quantitative estimate of drug-likeness (QED) is 0.670. The zero-order valence-corrected chi connectivity index (χ0v) is 15.9. The summed E-state index contributed by atoms with van der Waals surface area (Å²) in [4.78, 5) is 16.8. The van der Waals surface area contributed by atoms with Crippen molar-refractivity contribution in [3.05, 3.63) is 71.1 Å². The zero-order valence-electron chi connectivity index (χ0n) is 15.1. The second-order valence-electron chi connectivity index (χ2n) is 5.71. The number of pyridine rings is 1. The number of aromatic nitrogens is 2. The highest BCUT2D eigenvalue weighted by atomic mass is 35.5. The minimum absolute atomic E-state index is 0.275. The predicted molar refractivity (Wildman–Crippen MR) is 104 cm³/mol. The number of carbonyl (C=O) groups is 1. The highest BCUT2D eigenvalue weighted by Crippen LogP contribution is 2.30. The van der Waals surface area contributed by atoms with E-state index in [0.717, 1.165) is 11.3 Å². The Morgan fingerprint density at radius 1 is 1.26 bits per heavy atom. The van der Waals surface area contributed by atoms with Gasteiger partial charge in [0.15, 0.2) is 0 Å². The van der Waals surface area contributed by atoms with Crippen LogP contribution < -0.4 is 14.8 Å². The van der Waals surface area contributed by atoms with E-state index >= 15 is 0 Å². The minimum Gasteiger partial charge on any atom is -0.496 e. The average molecular weight is 386 g/mol. The summed E-state index contributed by atoms with van der Waals surface area (Å²) >= 11 is 6.39. The fourth-order valence-corrected chi connectivity index (χ4v) is 2.91. The highest BCUT2D eigenvalue weighted by molar-refractivity contribution is 6.33. The first kappa shape index (κ1) is 18.8. The number of amides is 1. The topological polar surface area (TPSA) is 65.4 Å². The Balaban J connectivity index is 1.78. The van der Waals surface area contributed by atoms with Gasteiger partial charge in [-0.1, -0.05) is 11.6 Å². The Kier molecular flexibility index (Phi) is 5.98. The normalized spacial score (nSPS) is 10.5. The van der Waals surface area contributed by atoms with E-state index in [1.54, 1.807) is 24.4 Å². The number of halogens is 1. The average Bonchev–Trinajstić information content (AvgIpc) is 3.21. The molecule has 0 bridgehead atoms. The Morgan fingerprint density at radius 2 is 2.04 bits per heavy atom. The Morgan fingerprint density at radius 3 is 2.74 bits per heavy atom. The lowest BCUT2D eigenvalue weighted by atomic mass is 10.1. The maximum atomic E-state index is 12.7. The van der Waals surface area contributed by atoms with Crippen molar-refractivity contribution in [2.75, 3.05) is 13.7 Å². The number of nitrogens with zero attached hydrogens (tertiary/aromatic N) is 2. The first-order chi connectivity index (χ1) is 13.1. The number of hydrogen-bond acceptors (Lipinski definition) is 4. The monoisotopic (exact) mass is 385 g/mol. The molecule has 0 atom stereocenters. The third-order valence-corrected chi connectivity index (χ3v) is 4.24. The summed E-state index contributed by atoms with van der Waals surface area (Å²) in [5.41, 5.74) is 2.00. The molecule has 0 fully saturated rings. The largest absolute Gasteiger partial charge is 0.496 e. The molecule has 0 aliphatic carbocycles. The van der Waals surface area contributed by atoms with Crippen LogP contribution in [-0.2, 0) is 6.54 Å². The van der Waals surface area contributed by atoms with Crippen LogP contribution in [0, 0.1) is 0 Å². The number of carbonyl (C=O) groups excluding carboxylic acids is 1. The maximum absolute atomic E-state index is 12.7. The molecule has 1 N–H and O–H groups in total. The summed E-state index contributed by atoms with van der Waals surface area (Å²) in [5, 5.41) is 3.33. The van der Waals surface area contributed by atoms with Crippen LogP contribution in [0.25, 0.3) is 5.69 Å². The van der Waals surface area contributed by atoms with Crippen molar-refractivity contribution >= 4 is 17.5 Å². The summed E-state index contributed by atoms with van der Waals surface area (Å²) in [6.07, 6.45) is 5.40. The van der Waals surface area contributed by atoms with E-state index in [-0.39, 0.29) is 5.91 Å². The molecule has 0 spiro atoms. The first-order valence-corrected chi connectivity index (χ1v) is 8.87. The van der Waals surface area contributed by atoms with Crippen LogP contribution >= 0.6 is 11.6 Å². The summed E-state index contributed by atoms with van der Waals surface area (Å²) in [5.74, 6) is 0.703. The zero-order chi connectivity index (χ0) is 19.2. The van der Waals surface area contributed by atoms with E-state index in [1.807, 2.05) is 42.1 Å². The van der Waals surface area contributed by atoms with Crippen LogP contribution in [-0.4, -0.2) is 29.2 Å². The smallest absolute Gasteiger partial charge is 0.255 e. The van der Waals surface area contributed by atoms with Crippen molar-refractivity contribution in [3.8, 4) is 17.3 Å². The van der Waals surface area contributed by atoms with E-state index in [0.29, 0.717) is 35.4 Å². The standard InChI is InChI=1S/C20H20ClN3O3/c1-3-27-19-10-14(6-7-22-19)13-23-20(25)15-11-16(21)17(12-18(15)26-2)24-8-4-5-9-24/h4-12H,3,13H2,1-2H3,(H,23,25). The lowest BCUT2D eigenvalue weighted by molar-refractivity contribution is 0.0948. The summed E-state index contributed by atoms with van der Waals surface area (Å²) in [6, 6.07) is 10.8. The number of ether oxygens (including phenoxy) is 2. The lowest BCUT2D eigenvalue weighted by Gasteiger charge is -2.14. The fraction of sp³-hybridized carbons (Fsp3) is 0.200. The van der Waals surface area contributed by atoms with Gasteiger partial charge >= 0.3 is 0 Å². The van der Waals surface area contributed by atoms with Crippen molar-refractivity contribution in [3.63, 3.8) is 0 Å². The number of benzene rings is 1. The molecule has 2 heterocycles. The molecular weight excluding hydrogens is 366 g/mol. The molecule has 0 saturated carbocycles. The van der Waals surface area contributed by atoms with Gasteiger partial charge in [-0.25, -0.2) is 4.98 Å². The van der Waals surface area contributed by atoms with E-state index in [2.05, 4.69) is 10.3 Å². The molecule has 0 aliphatic heterocycles. The van der Waals surface area contributed by atoms with Crippen molar-refractivity contribution in [1.29, 1.82) is 0 Å². The van der Waals surface area contributed by atoms with Gasteiger partial charge in [-0.3, -0.25) is 4.79 Å². The molecule has 2 aromatic heterocycles. The van der Waals surface area contributed by atoms with Gasteiger partial charge in [0.05, 0.1) is 30.0 Å². The molecule has 3 aromatic rings. The van der Waals surface area contributed by atoms with Crippen LogP contribution in [0.5, 0.6) is 11.6 Å². The van der Waals surface area contributed by atoms with Gasteiger partial charge in [0.1, 0.15) is 5.75 Å². The van der Waals surface area contributed by atoms with Gasteiger partial charge in [0, 0.05) is 37.3 Å². The first-order valence-electron chi connectivity index (χ1n) is 8.49. The number of rotatable bonds is 7. The molecule has 7 heteroatoms. The Labute approximate surface area is 162 Å².